The fourth-order valence-electron chi connectivity index (χ4n) is 2.86. The van der Waals surface area contributed by atoms with E-state index in [9.17, 15) is 0 Å². The first-order valence-electron chi connectivity index (χ1n) is 6.98. The molecule has 0 nitrogen and oxygen atoms in total. The maximum atomic E-state index is 2.37. The van der Waals surface area contributed by atoms with Gasteiger partial charge in [0.25, 0.3) is 0 Å². The van der Waals surface area contributed by atoms with E-state index in [4.69, 9.17) is 0 Å². The van der Waals surface area contributed by atoms with Gasteiger partial charge in [-0.2, -0.15) is 0 Å². The molecule has 0 spiro atoms. The Morgan fingerprint density at radius 2 is 1.32 bits per heavy atom. The molecule has 0 aliphatic heterocycles. The van der Waals surface area contributed by atoms with Gasteiger partial charge in [0.2, 0.25) is 0 Å². The lowest BCUT2D eigenvalue weighted by atomic mass is 9.82. The molecular weight excluding hydrogens is 228 g/mol. The molecule has 2 aromatic carbocycles. The highest BCUT2D eigenvalue weighted by molar-refractivity contribution is 5.72. The number of benzene rings is 2. The number of hydrogen-bond acceptors (Lipinski definition) is 0. The Morgan fingerprint density at radius 3 is 1.84 bits per heavy atom. The predicted molar refractivity (Wildman–Crippen MR) is 84.8 cm³/mol. The van der Waals surface area contributed by atoms with Gasteiger partial charge in [-0.25, -0.2) is 0 Å². The van der Waals surface area contributed by atoms with Gasteiger partial charge in [0.1, 0.15) is 0 Å². The van der Waals surface area contributed by atoms with Crippen LogP contribution in [0.1, 0.15) is 43.0 Å². The van der Waals surface area contributed by atoms with E-state index in [-0.39, 0.29) is 5.41 Å². The minimum Gasteiger partial charge on any atom is -0.0617 e. The lowest BCUT2D eigenvalue weighted by Crippen LogP contribution is -2.13. The fraction of sp³-hybridized carbons (Fsp3) is 0.368. The second-order valence-corrected chi connectivity index (χ2v) is 6.55. The third kappa shape index (κ3) is 2.73. The second kappa shape index (κ2) is 4.85. The van der Waals surface area contributed by atoms with Gasteiger partial charge in [-0.3, -0.25) is 0 Å². The van der Waals surface area contributed by atoms with Crippen LogP contribution in [-0.4, -0.2) is 0 Å². The fourth-order valence-corrected chi connectivity index (χ4v) is 2.86. The molecule has 2 rings (SSSR count). The summed E-state index contributed by atoms with van der Waals surface area (Å²) in [5, 5.41) is 0. The van der Waals surface area contributed by atoms with Gasteiger partial charge in [-0.1, -0.05) is 57.2 Å². The summed E-state index contributed by atoms with van der Waals surface area (Å²) >= 11 is 0. The van der Waals surface area contributed by atoms with E-state index in [0.29, 0.717) is 0 Å². The molecule has 0 amide bonds. The molecule has 100 valence electrons. The lowest BCUT2D eigenvalue weighted by Gasteiger charge is -2.23. The standard InChI is InChI=1S/C19H24/c1-13-10-11-16(12-17(13)19(4,5)6)18-14(2)8-7-9-15(18)3/h7-12H,1-6H3. The molecule has 0 unspecified atom stereocenters. The normalized spacial score (nSPS) is 11.7. The van der Waals surface area contributed by atoms with Gasteiger partial charge in [0.15, 0.2) is 0 Å². The molecule has 19 heavy (non-hydrogen) atoms. The summed E-state index contributed by atoms with van der Waals surface area (Å²) in [6.07, 6.45) is 0. The third-order valence-electron chi connectivity index (χ3n) is 3.82. The number of aryl methyl sites for hydroxylation is 3. The molecule has 0 aliphatic carbocycles. The predicted octanol–water partition coefficient (Wildman–Crippen LogP) is 5.58. The number of rotatable bonds is 1. The average molecular weight is 252 g/mol. The van der Waals surface area contributed by atoms with Crippen molar-refractivity contribution in [3.8, 4) is 11.1 Å². The van der Waals surface area contributed by atoms with Crippen LogP contribution in [0.2, 0.25) is 0 Å². The van der Waals surface area contributed by atoms with Crippen LogP contribution in [-0.2, 0) is 5.41 Å². The van der Waals surface area contributed by atoms with Crippen molar-refractivity contribution in [2.45, 2.75) is 47.0 Å². The Balaban J connectivity index is 2.65. The van der Waals surface area contributed by atoms with Crippen molar-refractivity contribution < 1.29 is 0 Å². The van der Waals surface area contributed by atoms with Crippen molar-refractivity contribution in [3.63, 3.8) is 0 Å². The van der Waals surface area contributed by atoms with Crippen LogP contribution in [0.3, 0.4) is 0 Å². The van der Waals surface area contributed by atoms with E-state index in [0.717, 1.165) is 0 Å². The first-order chi connectivity index (χ1) is 8.80. The van der Waals surface area contributed by atoms with E-state index in [1.165, 1.54) is 33.4 Å². The molecular formula is C19H24. The second-order valence-electron chi connectivity index (χ2n) is 6.55. The van der Waals surface area contributed by atoms with E-state index in [2.05, 4.69) is 77.9 Å². The molecule has 0 heteroatoms. The van der Waals surface area contributed by atoms with Crippen LogP contribution < -0.4 is 0 Å². The lowest BCUT2D eigenvalue weighted by molar-refractivity contribution is 0.586. The maximum Gasteiger partial charge on any atom is -0.0125 e. The van der Waals surface area contributed by atoms with Crippen molar-refractivity contribution in [1.29, 1.82) is 0 Å². The van der Waals surface area contributed by atoms with Gasteiger partial charge >= 0.3 is 0 Å². The molecule has 0 radical (unpaired) electrons. The summed E-state index contributed by atoms with van der Waals surface area (Å²) in [6.45, 7) is 13.4. The summed E-state index contributed by atoms with van der Waals surface area (Å²) < 4.78 is 0. The van der Waals surface area contributed by atoms with E-state index >= 15 is 0 Å². The van der Waals surface area contributed by atoms with Crippen LogP contribution in [0.15, 0.2) is 36.4 Å². The zero-order valence-corrected chi connectivity index (χ0v) is 13.0. The van der Waals surface area contributed by atoms with Crippen LogP contribution in [0.25, 0.3) is 11.1 Å². The van der Waals surface area contributed by atoms with Crippen LogP contribution in [0, 0.1) is 20.8 Å². The average Bonchev–Trinajstić information content (AvgIpc) is 2.29. The molecule has 0 atom stereocenters. The maximum absolute atomic E-state index is 2.37. The highest BCUT2D eigenvalue weighted by atomic mass is 14.2. The quantitative estimate of drug-likeness (QED) is 0.622. The topological polar surface area (TPSA) is 0 Å². The summed E-state index contributed by atoms with van der Waals surface area (Å²) in [5.41, 5.74) is 8.43. The first kappa shape index (κ1) is 13.9. The Bertz CT molecular complexity index is 578. The summed E-state index contributed by atoms with van der Waals surface area (Å²) in [6, 6.07) is 13.4. The third-order valence-corrected chi connectivity index (χ3v) is 3.82. The summed E-state index contributed by atoms with van der Waals surface area (Å²) in [5.74, 6) is 0. The van der Waals surface area contributed by atoms with Gasteiger partial charge < -0.3 is 0 Å². The van der Waals surface area contributed by atoms with Crippen molar-refractivity contribution in [3.05, 3.63) is 58.7 Å². The van der Waals surface area contributed by atoms with E-state index < -0.39 is 0 Å². The molecule has 0 saturated carbocycles. The first-order valence-corrected chi connectivity index (χ1v) is 6.98. The zero-order valence-electron chi connectivity index (χ0n) is 13.0. The summed E-state index contributed by atoms with van der Waals surface area (Å²) in [4.78, 5) is 0. The van der Waals surface area contributed by atoms with Gasteiger partial charge in [0.05, 0.1) is 0 Å². The SMILES string of the molecule is Cc1ccc(-c2c(C)cccc2C)cc1C(C)(C)C. The van der Waals surface area contributed by atoms with Crippen LogP contribution in [0.4, 0.5) is 0 Å². The van der Waals surface area contributed by atoms with Crippen LogP contribution in [0.5, 0.6) is 0 Å². The van der Waals surface area contributed by atoms with Crippen molar-refractivity contribution >= 4 is 0 Å². The molecule has 0 heterocycles. The van der Waals surface area contributed by atoms with Gasteiger partial charge in [-0.05, 0) is 59.6 Å². The Labute approximate surface area is 117 Å². The minimum absolute atomic E-state index is 0.191. The molecule has 0 fully saturated rings. The highest BCUT2D eigenvalue weighted by Gasteiger charge is 2.17. The molecule has 0 saturated heterocycles. The highest BCUT2D eigenvalue weighted by Crippen LogP contribution is 2.33. The van der Waals surface area contributed by atoms with Crippen LogP contribution >= 0.6 is 0 Å². The van der Waals surface area contributed by atoms with Gasteiger partial charge in [-0.15, -0.1) is 0 Å². The van der Waals surface area contributed by atoms with E-state index in [1.54, 1.807) is 0 Å². The Kier molecular flexibility index (Phi) is 3.54. The molecule has 0 bridgehead atoms. The van der Waals surface area contributed by atoms with Crippen molar-refractivity contribution in [2.24, 2.45) is 0 Å². The number of hydrogen-bond donors (Lipinski definition) is 0. The molecule has 2 aromatic rings. The van der Waals surface area contributed by atoms with Crippen molar-refractivity contribution in [1.82, 2.24) is 0 Å². The monoisotopic (exact) mass is 252 g/mol. The zero-order chi connectivity index (χ0) is 14.2. The largest absolute Gasteiger partial charge is 0.0617 e. The van der Waals surface area contributed by atoms with Crippen molar-refractivity contribution in [2.75, 3.05) is 0 Å². The molecule has 0 N–H and O–H groups in total. The van der Waals surface area contributed by atoms with Gasteiger partial charge in [0, 0.05) is 0 Å². The molecule has 0 aromatic heterocycles. The Morgan fingerprint density at radius 1 is 0.737 bits per heavy atom. The van der Waals surface area contributed by atoms with E-state index in [1.807, 2.05) is 0 Å². The summed E-state index contributed by atoms with van der Waals surface area (Å²) in [7, 11) is 0. The molecule has 0 aliphatic rings. The smallest absolute Gasteiger partial charge is 0.0125 e. The Hall–Kier alpha value is -1.56. The minimum atomic E-state index is 0.191.